The van der Waals surface area contributed by atoms with Crippen LogP contribution in [0.15, 0.2) is 24.3 Å². The third-order valence-electron chi connectivity index (χ3n) is 2.07. The predicted octanol–water partition coefficient (Wildman–Crippen LogP) is 2.14. The summed E-state index contributed by atoms with van der Waals surface area (Å²) < 4.78 is 0. The zero-order valence-corrected chi connectivity index (χ0v) is 9.34. The molecule has 1 amide bonds. The minimum Gasteiger partial charge on any atom is -0.326 e. The Labute approximate surface area is 90.9 Å². The van der Waals surface area contributed by atoms with E-state index in [4.69, 9.17) is 0 Å². The maximum atomic E-state index is 11.0. The van der Waals surface area contributed by atoms with Crippen molar-refractivity contribution in [3.63, 3.8) is 0 Å². The van der Waals surface area contributed by atoms with Gasteiger partial charge < -0.3 is 10.6 Å². The lowest BCUT2D eigenvalue weighted by molar-refractivity contribution is -0.114. The number of anilines is 1. The van der Waals surface area contributed by atoms with Gasteiger partial charge in [0.05, 0.1) is 0 Å². The number of para-hydroxylation sites is 1. The molecule has 0 saturated carbocycles. The highest BCUT2D eigenvalue weighted by molar-refractivity contribution is 5.89. The molecule has 82 valence electrons. The molecule has 3 nitrogen and oxygen atoms in total. The molecule has 2 N–H and O–H groups in total. The van der Waals surface area contributed by atoms with Crippen molar-refractivity contribution >= 4 is 11.6 Å². The van der Waals surface area contributed by atoms with Crippen LogP contribution in [0.1, 0.15) is 25.8 Å². The Morgan fingerprint density at radius 2 is 2.07 bits per heavy atom. The van der Waals surface area contributed by atoms with Crippen molar-refractivity contribution in [2.45, 2.75) is 26.8 Å². The van der Waals surface area contributed by atoms with E-state index in [1.54, 1.807) is 0 Å². The lowest BCUT2D eigenvalue weighted by Gasteiger charge is -2.10. The van der Waals surface area contributed by atoms with Crippen molar-refractivity contribution in [3.05, 3.63) is 29.8 Å². The number of hydrogen-bond acceptors (Lipinski definition) is 2. The van der Waals surface area contributed by atoms with E-state index in [0.717, 1.165) is 30.8 Å². The molecule has 1 rings (SSSR count). The van der Waals surface area contributed by atoms with Crippen LogP contribution in [0.2, 0.25) is 0 Å². The fourth-order valence-corrected chi connectivity index (χ4v) is 1.39. The molecular weight excluding hydrogens is 188 g/mol. The van der Waals surface area contributed by atoms with Crippen LogP contribution in [0, 0.1) is 0 Å². The molecule has 0 aliphatic carbocycles. The molecule has 1 aromatic carbocycles. The highest BCUT2D eigenvalue weighted by Crippen LogP contribution is 2.14. The SMILES string of the molecule is CCCNCc1ccccc1NC(C)=O. The van der Waals surface area contributed by atoms with Gasteiger partial charge in [-0.2, -0.15) is 0 Å². The molecule has 0 radical (unpaired) electrons. The summed E-state index contributed by atoms with van der Waals surface area (Å²) in [6, 6.07) is 7.85. The Hall–Kier alpha value is -1.35. The molecule has 0 unspecified atom stereocenters. The molecule has 0 aromatic heterocycles. The molecule has 0 atom stereocenters. The monoisotopic (exact) mass is 206 g/mol. The Morgan fingerprint density at radius 3 is 2.73 bits per heavy atom. The van der Waals surface area contributed by atoms with Crippen molar-refractivity contribution in [1.82, 2.24) is 5.32 Å². The number of carbonyl (C=O) groups excluding carboxylic acids is 1. The van der Waals surface area contributed by atoms with Crippen LogP contribution >= 0.6 is 0 Å². The fourth-order valence-electron chi connectivity index (χ4n) is 1.39. The molecule has 0 saturated heterocycles. The second-order valence-corrected chi connectivity index (χ2v) is 3.52. The number of hydrogen-bond donors (Lipinski definition) is 2. The van der Waals surface area contributed by atoms with Crippen LogP contribution in [0.3, 0.4) is 0 Å². The van der Waals surface area contributed by atoms with Gasteiger partial charge in [0.2, 0.25) is 5.91 Å². The van der Waals surface area contributed by atoms with Gasteiger partial charge in [-0.15, -0.1) is 0 Å². The molecule has 0 spiro atoms. The van der Waals surface area contributed by atoms with E-state index >= 15 is 0 Å². The number of nitrogens with one attached hydrogen (secondary N) is 2. The topological polar surface area (TPSA) is 41.1 Å². The number of amides is 1. The van der Waals surface area contributed by atoms with Gasteiger partial charge in [-0.1, -0.05) is 25.1 Å². The van der Waals surface area contributed by atoms with Gasteiger partial charge in [0.15, 0.2) is 0 Å². The van der Waals surface area contributed by atoms with E-state index in [2.05, 4.69) is 17.6 Å². The third-order valence-corrected chi connectivity index (χ3v) is 2.07. The van der Waals surface area contributed by atoms with Gasteiger partial charge in [-0.25, -0.2) is 0 Å². The van der Waals surface area contributed by atoms with E-state index in [1.807, 2.05) is 24.3 Å². The summed E-state index contributed by atoms with van der Waals surface area (Å²) in [6.07, 6.45) is 1.11. The van der Waals surface area contributed by atoms with E-state index in [0.29, 0.717) is 0 Å². The van der Waals surface area contributed by atoms with Gasteiger partial charge in [0.1, 0.15) is 0 Å². The first kappa shape index (κ1) is 11.7. The van der Waals surface area contributed by atoms with Crippen molar-refractivity contribution in [1.29, 1.82) is 0 Å². The van der Waals surface area contributed by atoms with E-state index in [1.165, 1.54) is 6.92 Å². The van der Waals surface area contributed by atoms with Gasteiger partial charge in [0, 0.05) is 19.2 Å². The van der Waals surface area contributed by atoms with Crippen LogP contribution in [0.25, 0.3) is 0 Å². The Balaban J connectivity index is 2.64. The van der Waals surface area contributed by atoms with Gasteiger partial charge in [-0.05, 0) is 24.6 Å². The standard InChI is InChI=1S/C12H18N2O/c1-3-8-13-9-11-6-4-5-7-12(11)14-10(2)15/h4-7,13H,3,8-9H2,1-2H3,(H,14,15). The fraction of sp³-hybridized carbons (Fsp3) is 0.417. The second kappa shape index (κ2) is 6.19. The van der Waals surface area contributed by atoms with Crippen LogP contribution < -0.4 is 10.6 Å². The zero-order valence-electron chi connectivity index (χ0n) is 9.34. The number of benzene rings is 1. The average Bonchev–Trinajstić information content (AvgIpc) is 2.20. The lowest BCUT2D eigenvalue weighted by Crippen LogP contribution is -2.16. The highest BCUT2D eigenvalue weighted by atomic mass is 16.1. The molecule has 0 aliphatic heterocycles. The molecule has 0 heterocycles. The number of carbonyl (C=O) groups is 1. The molecule has 0 aliphatic rings. The van der Waals surface area contributed by atoms with Crippen LogP contribution in [-0.2, 0) is 11.3 Å². The number of rotatable bonds is 5. The highest BCUT2D eigenvalue weighted by Gasteiger charge is 2.01. The first-order valence-electron chi connectivity index (χ1n) is 5.30. The molecule has 3 heteroatoms. The first-order valence-corrected chi connectivity index (χ1v) is 5.30. The Bertz CT molecular complexity index is 323. The van der Waals surface area contributed by atoms with E-state index in [-0.39, 0.29) is 5.91 Å². The Kier molecular flexibility index (Phi) is 4.84. The summed E-state index contributed by atoms with van der Waals surface area (Å²) in [5.41, 5.74) is 2.02. The largest absolute Gasteiger partial charge is 0.326 e. The van der Waals surface area contributed by atoms with E-state index < -0.39 is 0 Å². The minimum absolute atomic E-state index is 0.0297. The summed E-state index contributed by atoms with van der Waals surface area (Å²) in [7, 11) is 0. The zero-order chi connectivity index (χ0) is 11.1. The molecule has 0 fully saturated rings. The van der Waals surface area contributed by atoms with Crippen molar-refractivity contribution in [2.75, 3.05) is 11.9 Å². The maximum absolute atomic E-state index is 11.0. The minimum atomic E-state index is -0.0297. The van der Waals surface area contributed by atoms with Gasteiger partial charge >= 0.3 is 0 Å². The summed E-state index contributed by atoms with van der Waals surface area (Å²) in [5.74, 6) is -0.0297. The predicted molar refractivity (Wildman–Crippen MR) is 62.7 cm³/mol. The van der Waals surface area contributed by atoms with Crippen molar-refractivity contribution < 1.29 is 4.79 Å². The average molecular weight is 206 g/mol. The lowest BCUT2D eigenvalue weighted by atomic mass is 10.1. The van der Waals surface area contributed by atoms with Gasteiger partial charge in [-0.3, -0.25) is 4.79 Å². The third kappa shape index (κ3) is 4.13. The quantitative estimate of drug-likeness (QED) is 0.725. The van der Waals surface area contributed by atoms with E-state index in [9.17, 15) is 4.79 Å². The van der Waals surface area contributed by atoms with Crippen molar-refractivity contribution in [2.24, 2.45) is 0 Å². The smallest absolute Gasteiger partial charge is 0.221 e. The van der Waals surface area contributed by atoms with Gasteiger partial charge in [0.25, 0.3) is 0 Å². The first-order chi connectivity index (χ1) is 7.24. The maximum Gasteiger partial charge on any atom is 0.221 e. The normalized spacial score (nSPS) is 10.0. The summed E-state index contributed by atoms with van der Waals surface area (Å²) in [6.45, 7) is 5.45. The Morgan fingerprint density at radius 1 is 1.33 bits per heavy atom. The molecular formula is C12H18N2O. The van der Waals surface area contributed by atoms with Crippen molar-refractivity contribution in [3.8, 4) is 0 Å². The van der Waals surface area contributed by atoms with Crippen LogP contribution in [-0.4, -0.2) is 12.5 Å². The summed E-state index contributed by atoms with van der Waals surface area (Å²) >= 11 is 0. The molecule has 1 aromatic rings. The molecule has 15 heavy (non-hydrogen) atoms. The summed E-state index contributed by atoms with van der Waals surface area (Å²) in [4.78, 5) is 11.0. The van der Waals surface area contributed by atoms with Crippen LogP contribution in [0.4, 0.5) is 5.69 Å². The molecule has 0 bridgehead atoms. The second-order valence-electron chi connectivity index (χ2n) is 3.52. The summed E-state index contributed by atoms with van der Waals surface area (Å²) in [5, 5.41) is 6.14. The van der Waals surface area contributed by atoms with Crippen LogP contribution in [0.5, 0.6) is 0 Å².